The van der Waals surface area contributed by atoms with E-state index in [4.69, 9.17) is 4.74 Å². The standard InChI is InChI=1S/C11H22N2O4S/c1-2-13(10-8-17-9-11(10)14)18(15,16)12-6-4-3-5-7-12/h10-11,14H,2-9H2,1H3/t10-,11-/m0/s1. The second-order valence-corrected chi connectivity index (χ2v) is 6.72. The first-order valence-electron chi connectivity index (χ1n) is 6.60. The van der Waals surface area contributed by atoms with Crippen LogP contribution in [-0.4, -0.2) is 67.1 Å². The minimum atomic E-state index is -3.46. The van der Waals surface area contributed by atoms with Gasteiger partial charge in [0.15, 0.2) is 0 Å². The number of aliphatic hydroxyl groups is 1. The quantitative estimate of drug-likeness (QED) is 0.773. The molecule has 2 aliphatic heterocycles. The smallest absolute Gasteiger partial charge is 0.282 e. The molecule has 6 nitrogen and oxygen atoms in total. The molecule has 2 fully saturated rings. The van der Waals surface area contributed by atoms with E-state index in [2.05, 4.69) is 0 Å². The average Bonchev–Trinajstić information content (AvgIpc) is 2.78. The van der Waals surface area contributed by atoms with E-state index in [-0.39, 0.29) is 13.2 Å². The molecule has 0 aromatic rings. The Morgan fingerprint density at radius 2 is 1.94 bits per heavy atom. The predicted molar refractivity (Wildman–Crippen MR) is 67.3 cm³/mol. The van der Waals surface area contributed by atoms with Gasteiger partial charge in [0.05, 0.1) is 25.4 Å². The van der Waals surface area contributed by atoms with E-state index in [0.717, 1.165) is 19.3 Å². The summed E-state index contributed by atoms with van der Waals surface area (Å²) < 4.78 is 33.1. The molecule has 7 heteroatoms. The highest BCUT2D eigenvalue weighted by molar-refractivity contribution is 7.86. The molecule has 0 amide bonds. The largest absolute Gasteiger partial charge is 0.389 e. The highest BCUT2D eigenvalue weighted by Crippen LogP contribution is 2.22. The maximum absolute atomic E-state index is 12.5. The van der Waals surface area contributed by atoms with Gasteiger partial charge in [-0.25, -0.2) is 0 Å². The zero-order chi connectivity index (χ0) is 13.2. The van der Waals surface area contributed by atoms with Gasteiger partial charge in [-0.3, -0.25) is 0 Å². The number of piperidine rings is 1. The van der Waals surface area contributed by atoms with Crippen molar-refractivity contribution in [2.45, 2.75) is 38.3 Å². The maximum Gasteiger partial charge on any atom is 0.282 e. The van der Waals surface area contributed by atoms with Crippen LogP contribution in [0.4, 0.5) is 0 Å². The van der Waals surface area contributed by atoms with Gasteiger partial charge in [0.1, 0.15) is 0 Å². The van der Waals surface area contributed by atoms with E-state index in [0.29, 0.717) is 19.6 Å². The van der Waals surface area contributed by atoms with Crippen LogP contribution < -0.4 is 0 Å². The molecule has 0 bridgehead atoms. The topological polar surface area (TPSA) is 70.1 Å². The van der Waals surface area contributed by atoms with Gasteiger partial charge in [0, 0.05) is 19.6 Å². The number of ether oxygens (including phenoxy) is 1. The molecule has 18 heavy (non-hydrogen) atoms. The SMILES string of the molecule is CCN([C@H]1COC[C@@H]1O)S(=O)(=O)N1CCCCC1. The molecular formula is C11H22N2O4S. The van der Waals surface area contributed by atoms with E-state index in [1.54, 1.807) is 6.92 Å². The summed E-state index contributed by atoms with van der Waals surface area (Å²) in [4.78, 5) is 0. The second-order valence-electron chi connectivity index (χ2n) is 4.84. The average molecular weight is 278 g/mol. The lowest BCUT2D eigenvalue weighted by Crippen LogP contribution is -2.53. The van der Waals surface area contributed by atoms with Crippen LogP contribution in [0.1, 0.15) is 26.2 Å². The van der Waals surface area contributed by atoms with Gasteiger partial charge >= 0.3 is 0 Å². The second kappa shape index (κ2) is 5.83. The molecule has 2 heterocycles. The Balaban J connectivity index is 2.14. The van der Waals surface area contributed by atoms with Crippen LogP contribution in [-0.2, 0) is 14.9 Å². The lowest BCUT2D eigenvalue weighted by atomic mass is 10.2. The highest BCUT2D eigenvalue weighted by Gasteiger charge is 2.40. The summed E-state index contributed by atoms with van der Waals surface area (Å²) in [5.41, 5.74) is 0. The van der Waals surface area contributed by atoms with E-state index >= 15 is 0 Å². The predicted octanol–water partition coefficient (Wildman–Crippen LogP) is -0.201. The summed E-state index contributed by atoms with van der Waals surface area (Å²) in [7, 11) is -3.46. The number of hydrogen-bond acceptors (Lipinski definition) is 4. The minimum Gasteiger partial charge on any atom is -0.389 e. The van der Waals surface area contributed by atoms with Crippen LogP contribution in [0.25, 0.3) is 0 Å². The fourth-order valence-corrected chi connectivity index (χ4v) is 4.51. The van der Waals surface area contributed by atoms with Gasteiger partial charge in [-0.1, -0.05) is 13.3 Å². The minimum absolute atomic E-state index is 0.219. The van der Waals surface area contributed by atoms with Crippen molar-refractivity contribution in [1.29, 1.82) is 0 Å². The summed E-state index contributed by atoms with van der Waals surface area (Å²) in [5, 5.41) is 9.80. The number of nitrogens with zero attached hydrogens (tertiary/aromatic N) is 2. The Morgan fingerprint density at radius 1 is 1.28 bits per heavy atom. The molecule has 2 aliphatic rings. The molecule has 0 unspecified atom stereocenters. The third kappa shape index (κ3) is 2.70. The Hall–Kier alpha value is -0.210. The van der Waals surface area contributed by atoms with E-state index in [1.807, 2.05) is 0 Å². The number of likely N-dealkylation sites (N-methyl/N-ethyl adjacent to an activating group) is 1. The van der Waals surface area contributed by atoms with Crippen molar-refractivity contribution in [1.82, 2.24) is 8.61 Å². The molecule has 1 N–H and O–H groups in total. The van der Waals surface area contributed by atoms with E-state index in [1.165, 1.54) is 8.61 Å². The molecular weight excluding hydrogens is 256 g/mol. The first kappa shape index (κ1) is 14.2. The Morgan fingerprint density at radius 3 is 2.44 bits per heavy atom. The van der Waals surface area contributed by atoms with Gasteiger partial charge < -0.3 is 9.84 Å². The van der Waals surface area contributed by atoms with Crippen LogP contribution in [0.2, 0.25) is 0 Å². The van der Waals surface area contributed by atoms with Gasteiger partial charge in [-0.05, 0) is 12.8 Å². The van der Waals surface area contributed by atoms with Crippen LogP contribution in [0.15, 0.2) is 0 Å². The molecule has 2 atom stereocenters. The molecule has 0 aromatic heterocycles. The number of rotatable bonds is 4. The Labute approximate surface area is 109 Å². The molecule has 0 saturated carbocycles. The number of hydrogen-bond donors (Lipinski definition) is 1. The van der Waals surface area contributed by atoms with Crippen LogP contribution >= 0.6 is 0 Å². The maximum atomic E-state index is 12.5. The van der Waals surface area contributed by atoms with Gasteiger partial charge in [-0.15, -0.1) is 0 Å². The third-order valence-corrected chi connectivity index (χ3v) is 5.78. The van der Waals surface area contributed by atoms with Crippen molar-refractivity contribution < 1.29 is 18.3 Å². The summed E-state index contributed by atoms with van der Waals surface area (Å²) >= 11 is 0. The summed E-state index contributed by atoms with van der Waals surface area (Å²) in [6, 6.07) is -0.443. The molecule has 106 valence electrons. The lowest BCUT2D eigenvalue weighted by molar-refractivity contribution is 0.111. The molecule has 2 rings (SSSR count). The molecule has 2 saturated heterocycles. The third-order valence-electron chi connectivity index (χ3n) is 3.64. The van der Waals surface area contributed by atoms with Crippen LogP contribution in [0.5, 0.6) is 0 Å². The molecule has 0 spiro atoms. The van der Waals surface area contributed by atoms with Gasteiger partial charge in [0.2, 0.25) is 0 Å². The van der Waals surface area contributed by atoms with Crippen molar-refractivity contribution in [2.24, 2.45) is 0 Å². The number of aliphatic hydroxyl groups excluding tert-OH is 1. The fraction of sp³-hybridized carbons (Fsp3) is 1.00. The van der Waals surface area contributed by atoms with E-state index in [9.17, 15) is 13.5 Å². The van der Waals surface area contributed by atoms with Crippen molar-refractivity contribution in [3.8, 4) is 0 Å². The van der Waals surface area contributed by atoms with E-state index < -0.39 is 22.4 Å². The molecule has 0 aromatic carbocycles. The van der Waals surface area contributed by atoms with Gasteiger partial charge in [0.25, 0.3) is 10.2 Å². The van der Waals surface area contributed by atoms with Crippen molar-refractivity contribution in [3.63, 3.8) is 0 Å². The molecule has 0 aliphatic carbocycles. The first-order valence-corrected chi connectivity index (χ1v) is 7.99. The van der Waals surface area contributed by atoms with Crippen molar-refractivity contribution >= 4 is 10.2 Å². The lowest BCUT2D eigenvalue weighted by Gasteiger charge is -2.35. The normalized spacial score (nSPS) is 31.1. The zero-order valence-electron chi connectivity index (χ0n) is 10.8. The van der Waals surface area contributed by atoms with Crippen molar-refractivity contribution in [3.05, 3.63) is 0 Å². The Bertz CT molecular complexity index is 367. The highest BCUT2D eigenvalue weighted by atomic mass is 32.2. The fourth-order valence-electron chi connectivity index (χ4n) is 2.62. The van der Waals surface area contributed by atoms with Crippen LogP contribution in [0.3, 0.4) is 0 Å². The Kier molecular flexibility index (Phi) is 4.60. The summed E-state index contributed by atoms with van der Waals surface area (Å²) in [6.07, 6.45) is 2.21. The summed E-state index contributed by atoms with van der Waals surface area (Å²) in [5.74, 6) is 0. The zero-order valence-corrected chi connectivity index (χ0v) is 11.6. The van der Waals surface area contributed by atoms with Gasteiger partial charge in [-0.2, -0.15) is 17.0 Å². The summed E-state index contributed by atoms with van der Waals surface area (Å²) in [6.45, 7) is 3.83. The monoisotopic (exact) mass is 278 g/mol. The first-order chi connectivity index (χ1) is 8.57. The molecule has 0 radical (unpaired) electrons. The van der Waals surface area contributed by atoms with Crippen LogP contribution in [0, 0.1) is 0 Å². The van der Waals surface area contributed by atoms with Crippen molar-refractivity contribution in [2.75, 3.05) is 32.8 Å².